The molecule has 1 saturated heterocycles. The van der Waals surface area contributed by atoms with Gasteiger partial charge in [-0.25, -0.2) is 0 Å². The molecule has 0 aromatic rings. The van der Waals surface area contributed by atoms with Gasteiger partial charge in [0.2, 0.25) is 0 Å². The maximum atomic E-state index is 10.9. The van der Waals surface area contributed by atoms with E-state index in [0.717, 1.165) is 71.4 Å². The van der Waals surface area contributed by atoms with E-state index in [2.05, 4.69) is 28.2 Å². The first-order valence-electron chi connectivity index (χ1n) is 8.59. The average Bonchev–Trinajstić information content (AvgIpc) is 2.60. The second-order valence-corrected chi connectivity index (χ2v) is 6.04. The lowest BCUT2D eigenvalue weighted by molar-refractivity contribution is -0.108. The van der Waals surface area contributed by atoms with E-state index in [1.807, 2.05) is 6.08 Å². The monoisotopic (exact) mass is 311 g/mol. The molecule has 1 fully saturated rings. The number of aliphatic hydroxyl groups excluding tert-OH is 1. The number of aliphatic hydroxyl groups is 1. The summed E-state index contributed by atoms with van der Waals surface area (Å²) in [5, 5.41) is 8.98. The molecular weight excluding hydrogens is 278 g/mol. The quantitative estimate of drug-likeness (QED) is 0.388. The van der Waals surface area contributed by atoms with Crippen LogP contribution in [-0.2, 0) is 4.79 Å². The molecule has 0 amide bonds. The minimum atomic E-state index is 0.269. The van der Waals surface area contributed by atoms with Crippen molar-refractivity contribution in [2.24, 2.45) is 0 Å². The van der Waals surface area contributed by atoms with Crippen LogP contribution in [0.3, 0.4) is 0 Å². The summed E-state index contributed by atoms with van der Waals surface area (Å²) in [4.78, 5) is 18.1. The summed E-state index contributed by atoms with van der Waals surface area (Å²) in [5.41, 5.74) is 0. The molecule has 1 unspecified atom stereocenters. The van der Waals surface area contributed by atoms with Crippen LogP contribution in [0.1, 0.15) is 26.2 Å². The normalized spacial score (nSPS) is 22.7. The van der Waals surface area contributed by atoms with E-state index in [1.165, 1.54) is 0 Å². The lowest BCUT2D eigenvalue weighted by Crippen LogP contribution is -2.44. The highest BCUT2D eigenvalue weighted by molar-refractivity contribution is 5.51. The molecule has 1 N–H and O–H groups in total. The van der Waals surface area contributed by atoms with E-state index in [9.17, 15) is 4.79 Å². The van der Waals surface area contributed by atoms with Crippen LogP contribution >= 0.6 is 0 Å². The molecule has 22 heavy (non-hydrogen) atoms. The predicted molar refractivity (Wildman–Crippen MR) is 91.1 cm³/mol. The summed E-state index contributed by atoms with van der Waals surface area (Å²) in [7, 11) is 0. The maximum absolute atomic E-state index is 10.9. The topological polar surface area (TPSA) is 47.0 Å². The van der Waals surface area contributed by atoms with Crippen molar-refractivity contribution in [3.63, 3.8) is 0 Å². The van der Waals surface area contributed by atoms with Gasteiger partial charge in [-0.1, -0.05) is 13.0 Å². The van der Waals surface area contributed by atoms with E-state index in [1.54, 1.807) is 0 Å². The average molecular weight is 311 g/mol. The maximum Gasteiger partial charge on any atom is 0.133 e. The molecule has 1 aliphatic rings. The molecule has 128 valence electrons. The number of carbonyl (C=O) groups excluding carboxylic acids is 1. The van der Waals surface area contributed by atoms with E-state index in [0.29, 0.717) is 12.6 Å². The zero-order valence-corrected chi connectivity index (χ0v) is 14.1. The van der Waals surface area contributed by atoms with Crippen LogP contribution in [0.5, 0.6) is 0 Å². The Balaban J connectivity index is 2.72. The fourth-order valence-corrected chi connectivity index (χ4v) is 3.08. The molecule has 0 aliphatic carbocycles. The Hall–Kier alpha value is -0.750. The molecular formula is C17H33N3O2. The van der Waals surface area contributed by atoms with Gasteiger partial charge < -0.3 is 14.8 Å². The standard InChI is InChI=1S/C17H33N3O2/c1-3-7-20-12-11-18(13-15-22)9-10-19(8-5-6-14-21)16-17(20)4-2/h3,15,17,21H,1,4-14,16H2,2H3. The van der Waals surface area contributed by atoms with Crippen molar-refractivity contribution in [1.29, 1.82) is 0 Å². The zero-order chi connectivity index (χ0) is 16.2. The van der Waals surface area contributed by atoms with Gasteiger partial charge in [-0.2, -0.15) is 0 Å². The van der Waals surface area contributed by atoms with E-state index >= 15 is 0 Å². The van der Waals surface area contributed by atoms with Crippen LogP contribution in [0.25, 0.3) is 0 Å². The Labute approximate surface area is 135 Å². The molecule has 5 heteroatoms. The molecule has 1 heterocycles. The number of unbranched alkanes of at least 4 members (excludes halogenated alkanes) is 1. The van der Waals surface area contributed by atoms with Crippen LogP contribution < -0.4 is 0 Å². The smallest absolute Gasteiger partial charge is 0.133 e. The lowest BCUT2D eigenvalue weighted by atomic mass is 10.1. The summed E-state index contributed by atoms with van der Waals surface area (Å²) in [5.74, 6) is 0. The van der Waals surface area contributed by atoms with E-state index in [-0.39, 0.29) is 6.61 Å². The van der Waals surface area contributed by atoms with Gasteiger partial charge in [-0.05, 0) is 25.8 Å². The third kappa shape index (κ3) is 7.01. The Bertz CT molecular complexity index is 312. The van der Waals surface area contributed by atoms with Gasteiger partial charge in [0.15, 0.2) is 0 Å². The van der Waals surface area contributed by atoms with E-state index in [4.69, 9.17) is 5.11 Å². The molecule has 0 spiro atoms. The van der Waals surface area contributed by atoms with E-state index < -0.39 is 0 Å². The van der Waals surface area contributed by atoms with Gasteiger partial charge in [0.1, 0.15) is 6.29 Å². The predicted octanol–water partition coefficient (Wildman–Crippen LogP) is 0.842. The number of nitrogens with zero attached hydrogens (tertiary/aromatic N) is 3. The van der Waals surface area contributed by atoms with Gasteiger partial charge in [0.05, 0.1) is 6.54 Å². The second-order valence-electron chi connectivity index (χ2n) is 6.04. The summed E-state index contributed by atoms with van der Waals surface area (Å²) >= 11 is 0. The van der Waals surface area contributed by atoms with Gasteiger partial charge in [0, 0.05) is 51.9 Å². The van der Waals surface area contributed by atoms with Crippen molar-refractivity contribution >= 4 is 6.29 Å². The summed E-state index contributed by atoms with van der Waals surface area (Å²) < 4.78 is 0. The lowest BCUT2D eigenvalue weighted by Gasteiger charge is -2.33. The fraction of sp³-hybridized carbons (Fsp3) is 0.824. The van der Waals surface area contributed by atoms with Crippen molar-refractivity contribution < 1.29 is 9.90 Å². The Morgan fingerprint density at radius 1 is 1.14 bits per heavy atom. The fourth-order valence-electron chi connectivity index (χ4n) is 3.08. The Morgan fingerprint density at radius 3 is 2.50 bits per heavy atom. The SMILES string of the molecule is C=CCN1CCN(CC=O)CCN(CCCCO)CC1CC. The van der Waals surface area contributed by atoms with Crippen LogP contribution in [0.4, 0.5) is 0 Å². The van der Waals surface area contributed by atoms with Crippen molar-refractivity contribution in [2.75, 3.05) is 59.0 Å². The van der Waals surface area contributed by atoms with Crippen molar-refractivity contribution in [3.8, 4) is 0 Å². The number of rotatable bonds is 9. The molecule has 5 nitrogen and oxygen atoms in total. The highest BCUT2D eigenvalue weighted by atomic mass is 16.2. The first-order chi connectivity index (χ1) is 10.7. The molecule has 0 bridgehead atoms. The Morgan fingerprint density at radius 2 is 1.86 bits per heavy atom. The van der Waals surface area contributed by atoms with Crippen LogP contribution in [0, 0.1) is 0 Å². The summed E-state index contributed by atoms with van der Waals surface area (Å²) in [6, 6.07) is 0.531. The van der Waals surface area contributed by atoms with Crippen molar-refractivity contribution in [2.45, 2.75) is 32.2 Å². The van der Waals surface area contributed by atoms with Gasteiger partial charge >= 0.3 is 0 Å². The highest BCUT2D eigenvalue weighted by Gasteiger charge is 2.22. The first kappa shape index (κ1) is 19.3. The molecule has 1 atom stereocenters. The molecule has 0 aromatic heterocycles. The third-order valence-corrected chi connectivity index (χ3v) is 4.47. The number of aldehydes is 1. The zero-order valence-electron chi connectivity index (χ0n) is 14.1. The molecule has 0 saturated carbocycles. The number of carbonyl (C=O) groups is 1. The molecule has 1 rings (SSSR count). The van der Waals surface area contributed by atoms with Crippen molar-refractivity contribution in [3.05, 3.63) is 12.7 Å². The molecule has 0 radical (unpaired) electrons. The minimum absolute atomic E-state index is 0.269. The summed E-state index contributed by atoms with van der Waals surface area (Å²) in [6.45, 7) is 13.8. The third-order valence-electron chi connectivity index (χ3n) is 4.47. The second kappa shape index (κ2) is 11.8. The van der Waals surface area contributed by atoms with Crippen LogP contribution in [0.2, 0.25) is 0 Å². The van der Waals surface area contributed by atoms with Crippen molar-refractivity contribution in [1.82, 2.24) is 14.7 Å². The van der Waals surface area contributed by atoms with Crippen LogP contribution in [0.15, 0.2) is 12.7 Å². The number of hydrogen-bond donors (Lipinski definition) is 1. The van der Waals surface area contributed by atoms with Gasteiger partial charge in [-0.15, -0.1) is 6.58 Å². The van der Waals surface area contributed by atoms with Crippen LogP contribution in [-0.4, -0.2) is 91.1 Å². The molecule has 0 aromatic carbocycles. The van der Waals surface area contributed by atoms with Gasteiger partial charge in [-0.3, -0.25) is 9.80 Å². The first-order valence-corrected chi connectivity index (χ1v) is 8.59. The Kier molecular flexibility index (Phi) is 10.3. The van der Waals surface area contributed by atoms with Gasteiger partial charge in [0.25, 0.3) is 0 Å². The highest BCUT2D eigenvalue weighted by Crippen LogP contribution is 2.11. The molecule has 1 aliphatic heterocycles. The number of hydrogen-bond acceptors (Lipinski definition) is 5. The summed E-state index contributed by atoms with van der Waals surface area (Å²) in [6.07, 6.45) is 5.99. The largest absolute Gasteiger partial charge is 0.396 e. The minimum Gasteiger partial charge on any atom is -0.396 e.